The van der Waals surface area contributed by atoms with Crippen LogP contribution in [-0.2, 0) is 4.74 Å². The lowest BCUT2D eigenvalue weighted by molar-refractivity contribution is -0.185. The number of carbonyl (C=O) groups excluding carboxylic acids is 1. The average molecular weight is 342 g/mol. The lowest BCUT2D eigenvalue weighted by atomic mass is 9.82. The number of fused-ring (bicyclic) bond motifs is 1. The Morgan fingerprint density at radius 2 is 1.92 bits per heavy atom. The number of rotatable bonds is 1. The quantitative estimate of drug-likeness (QED) is 0.817. The van der Waals surface area contributed by atoms with Gasteiger partial charge >= 0.3 is 0 Å². The largest absolute Gasteiger partial charge is 0.390 e. The Hall–Kier alpha value is -2.02. The van der Waals surface area contributed by atoms with Crippen LogP contribution < -0.4 is 0 Å². The van der Waals surface area contributed by atoms with E-state index >= 15 is 0 Å². The molecule has 1 spiro atoms. The summed E-state index contributed by atoms with van der Waals surface area (Å²) in [6.07, 6.45) is 1.88. The van der Waals surface area contributed by atoms with Crippen molar-refractivity contribution in [2.24, 2.45) is 0 Å². The fraction of sp³-hybridized carbons (Fsp3) is 0.474. The molecule has 0 bridgehead atoms. The molecule has 0 saturated carbocycles. The van der Waals surface area contributed by atoms with Crippen LogP contribution in [0.5, 0.6) is 0 Å². The molecule has 1 amide bonds. The van der Waals surface area contributed by atoms with Crippen LogP contribution in [0.25, 0.3) is 10.9 Å². The highest BCUT2D eigenvalue weighted by Crippen LogP contribution is 2.35. The minimum atomic E-state index is -0.812. The predicted molar refractivity (Wildman–Crippen MR) is 92.2 cm³/mol. The Kier molecular flexibility index (Phi) is 4.19. The molecular formula is C19H22N2O4. The summed E-state index contributed by atoms with van der Waals surface area (Å²) in [5.74, 6) is 0.00448. The van der Waals surface area contributed by atoms with Gasteiger partial charge in [-0.15, -0.1) is 0 Å². The third-order valence-corrected chi connectivity index (χ3v) is 5.43. The molecule has 1 aromatic carbocycles. The van der Waals surface area contributed by atoms with E-state index in [1.165, 1.54) is 0 Å². The number of hydrogen-bond acceptors (Lipinski definition) is 5. The molecule has 2 saturated heterocycles. The highest BCUT2D eigenvalue weighted by molar-refractivity contribution is 6.05. The van der Waals surface area contributed by atoms with Crippen molar-refractivity contribution in [3.05, 3.63) is 42.1 Å². The smallest absolute Gasteiger partial charge is 0.254 e. The number of ether oxygens (including phenoxy) is 1. The number of aliphatic hydroxyl groups excluding tert-OH is 2. The van der Waals surface area contributed by atoms with E-state index in [1.807, 2.05) is 29.2 Å². The van der Waals surface area contributed by atoms with Gasteiger partial charge in [0.15, 0.2) is 0 Å². The summed E-state index contributed by atoms with van der Waals surface area (Å²) in [5.41, 5.74) is 1.06. The lowest BCUT2D eigenvalue weighted by Crippen LogP contribution is -2.55. The second-order valence-electron chi connectivity index (χ2n) is 7.00. The highest BCUT2D eigenvalue weighted by Gasteiger charge is 2.43. The summed E-state index contributed by atoms with van der Waals surface area (Å²) < 4.78 is 5.84. The van der Waals surface area contributed by atoms with E-state index < -0.39 is 17.8 Å². The second-order valence-corrected chi connectivity index (χ2v) is 7.00. The summed E-state index contributed by atoms with van der Waals surface area (Å²) in [6.45, 7) is 1.32. The minimum absolute atomic E-state index is 0.00448. The number of amides is 1. The summed E-state index contributed by atoms with van der Waals surface area (Å²) in [7, 11) is 0. The number of pyridine rings is 1. The molecule has 25 heavy (non-hydrogen) atoms. The Morgan fingerprint density at radius 3 is 2.68 bits per heavy atom. The fourth-order valence-corrected chi connectivity index (χ4v) is 3.87. The van der Waals surface area contributed by atoms with Crippen LogP contribution in [0.4, 0.5) is 0 Å². The van der Waals surface area contributed by atoms with E-state index in [-0.39, 0.29) is 12.5 Å². The first-order valence-corrected chi connectivity index (χ1v) is 8.71. The van der Waals surface area contributed by atoms with Gasteiger partial charge in [0.2, 0.25) is 0 Å². The molecule has 2 N–H and O–H groups in total. The van der Waals surface area contributed by atoms with Crippen molar-refractivity contribution >= 4 is 16.8 Å². The molecule has 6 nitrogen and oxygen atoms in total. The van der Waals surface area contributed by atoms with E-state index in [1.54, 1.807) is 12.3 Å². The number of hydrogen-bond donors (Lipinski definition) is 2. The van der Waals surface area contributed by atoms with Crippen LogP contribution in [0.2, 0.25) is 0 Å². The second kappa shape index (κ2) is 6.37. The van der Waals surface area contributed by atoms with Crippen LogP contribution in [0.15, 0.2) is 36.5 Å². The zero-order chi connectivity index (χ0) is 17.4. The van der Waals surface area contributed by atoms with E-state index in [9.17, 15) is 15.0 Å². The van der Waals surface area contributed by atoms with E-state index in [4.69, 9.17) is 4.74 Å². The fourth-order valence-electron chi connectivity index (χ4n) is 3.87. The summed E-state index contributed by atoms with van der Waals surface area (Å²) in [6, 6.07) is 9.41. The molecule has 2 aliphatic heterocycles. The van der Waals surface area contributed by atoms with Gasteiger partial charge in [-0.25, -0.2) is 0 Å². The number of benzene rings is 1. The molecule has 2 aliphatic rings. The molecule has 2 aromatic rings. The topological polar surface area (TPSA) is 82.9 Å². The molecule has 0 radical (unpaired) electrons. The standard InChI is InChI=1S/C19H22N2O4/c22-16-11-19(25-12-17(16)23)6-9-21(10-7-19)18(24)14-5-8-20-15-4-2-1-3-13(14)15/h1-5,8,16-17,22-23H,6-7,9-12H2/t16-,17+/m1/s1. The lowest BCUT2D eigenvalue weighted by Gasteiger charge is -2.46. The number of likely N-dealkylation sites (tertiary alicyclic amines) is 1. The van der Waals surface area contributed by atoms with Crippen molar-refractivity contribution < 1.29 is 19.7 Å². The van der Waals surface area contributed by atoms with Gasteiger partial charge in [0, 0.05) is 31.1 Å². The number of aromatic nitrogens is 1. The van der Waals surface area contributed by atoms with Gasteiger partial charge in [-0.05, 0) is 25.0 Å². The zero-order valence-corrected chi connectivity index (χ0v) is 14.0. The molecule has 2 fully saturated rings. The Morgan fingerprint density at radius 1 is 1.16 bits per heavy atom. The number of piperidine rings is 1. The molecule has 1 aromatic heterocycles. The van der Waals surface area contributed by atoms with Crippen LogP contribution in [0.1, 0.15) is 29.6 Å². The van der Waals surface area contributed by atoms with E-state index in [0.29, 0.717) is 37.9 Å². The summed E-state index contributed by atoms with van der Waals surface area (Å²) in [4.78, 5) is 19.1. The number of nitrogens with zero attached hydrogens (tertiary/aromatic N) is 2. The van der Waals surface area contributed by atoms with Crippen molar-refractivity contribution in [2.75, 3.05) is 19.7 Å². The van der Waals surface area contributed by atoms with Crippen molar-refractivity contribution in [3.8, 4) is 0 Å². The van der Waals surface area contributed by atoms with Gasteiger partial charge in [-0.3, -0.25) is 9.78 Å². The first-order chi connectivity index (χ1) is 12.1. The number of carbonyl (C=O) groups is 1. The van der Waals surface area contributed by atoms with Gasteiger partial charge in [-0.2, -0.15) is 0 Å². The van der Waals surface area contributed by atoms with Crippen molar-refractivity contribution in [1.82, 2.24) is 9.88 Å². The Balaban J connectivity index is 1.50. The van der Waals surface area contributed by atoms with Crippen LogP contribution in [-0.4, -0.2) is 63.5 Å². The highest BCUT2D eigenvalue weighted by atomic mass is 16.5. The molecule has 0 aliphatic carbocycles. The maximum Gasteiger partial charge on any atom is 0.254 e. The molecular weight excluding hydrogens is 320 g/mol. The van der Waals surface area contributed by atoms with Crippen LogP contribution in [0.3, 0.4) is 0 Å². The minimum Gasteiger partial charge on any atom is -0.390 e. The molecule has 132 valence electrons. The van der Waals surface area contributed by atoms with Gasteiger partial charge in [0.25, 0.3) is 5.91 Å². The summed E-state index contributed by atoms with van der Waals surface area (Å²) >= 11 is 0. The summed E-state index contributed by atoms with van der Waals surface area (Å²) in [5, 5.41) is 20.4. The predicted octanol–water partition coefficient (Wildman–Crippen LogP) is 1.35. The van der Waals surface area contributed by atoms with E-state index in [2.05, 4.69) is 4.98 Å². The molecule has 2 atom stereocenters. The van der Waals surface area contributed by atoms with Gasteiger partial charge in [0.1, 0.15) is 6.10 Å². The first-order valence-electron chi connectivity index (χ1n) is 8.71. The van der Waals surface area contributed by atoms with Gasteiger partial charge in [0.05, 0.1) is 29.4 Å². The molecule has 6 heteroatoms. The normalized spacial score (nSPS) is 26.1. The monoisotopic (exact) mass is 342 g/mol. The average Bonchev–Trinajstić information content (AvgIpc) is 2.65. The molecule has 3 heterocycles. The van der Waals surface area contributed by atoms with Crippen molar-refractivity contribution in [3.63, 3.8) is 0 Å². The Bertz CT molecular complexity index is 781. The SMILES string of the molecule is O=C(c1ccnc2ccccc12)N1CCC2(CC1)C[C@@H](O)[C@@H](O)CO2. The van der Waals surface area contributed by atoms with E-state index in [0.717, 1.165) is 10.9 Å². The van der Waals surface area contributed by atoms with Crippen LogP contribution >= 0.6 is 0 Å². The zero-order valence-electron chi connectivity index (χ0n) is 14.0. The maximum absolute atomic E-state index is 13.0. The van der Waals surface area contributed by atoms with Gasteiger partial charge in [-0.1, -0.05) is 18.2 Å². The first kappa shape index (κ1) is 16.4. The van der Waals surface area contributed by atoms with Crippen molar-refractivity contribution in [2.45, 2.75) is 37.1 Å². The maximum atomic E-state index is 13.0. The Labute approximate surface area is 146 Å². The number of para-hydroxylation sites is 1. The third-order valence-electron chi connectivity index (χ3n) is 5.43. The third kappa shape index (κ3) is 3.01. The van der Waals surface area contributed by atoms with Crippen LogP contribution in [0, 0.1) is 0 Å². The molecule has 0 unspecified atom stereocenters. The number of aliphatic hydroxyl groups is 2. The van der Waals surface area contributed by atoms with Crippen molar-refractivity contribution in [1.29, 1.82) is 0 Å². The molecule has 4 rings (SSSR count). The van der Waals surface area contributed by atoms with Gasteiger partial charge < -0.3 is 19.8 Å².